The molecule has 0 atom stereocenters. The number of rotatable bonds is 13. The first-order valence-electron chi connectivity index (χ1n) is 9.03. The number of carbonyl (C=O) groups excluding carboxylic acids is 1. The molecule has 0 unspecified atom stereocenters. The smallest absolute Gasteiger partial charge is 0.302 e. The summed E-state index contributed by atoms with van der Waals surface area (Å²) in [6.45, 7) is 11.0. The molecule has 0 amide bonds. The molecule has 0 fully saturated rings. The normalized spacial score (nSPS) is 9.90. The highest BCUT2D eigenvalue weighted by Crippen LogP contribution is 1.99. The molecule has 128 valence electrons. The van der Waals surface area contributed by atoms with Gasteiger partial charge < -0.3 is 10.1 Å². The minimum absolute atomic E-state index is 0.182. The Morgan fingerprint density at radius 1 is 0.762 bits per heavy atom. The van der Waals surface area contributed by atoms with E-state index in [4.69, 9.17) is 0 Å². The molecule has 0 aromatic rings. The maximum Gasteiger partial charge on any atom is 0.302 e. The van der Waals surface area contributed by atoms with Gasteiger partial charge in [0.1, 0.15) is 0 Å². The molecule has 0 rings (SSSR count). The number of nitrogens with one attached hydrogen (secondary N) is 1. The largest absolute Gasteiger partial charge is 0.466 e. The first kappa shape index (κ1) is 22.7. The minimum atomic E-state index is -0.182. The number of unbranched alkanes of at least 4 members (excludes halogenated alkanes) is 7. The average molecular weight is 302 g/mol. The molecule has 0 saturated heterocycles. The number of carbonyl (C=O) groups is 1. The molecule has 0 bridgehead atoms. The molecule has 1 N–H and O–H groups in total. The third-order valence-electron chi connectivity index (χ3n) is 3.22. The van der Waals surface area contributed by atoms with Crippen LogP contribution in [0.25, 0.3) is 0 Å². The van der Waals surface area contributed by atoms with Gasteiger partial charge in [-0.1, -0.05) is 65.7 Å². The van der Waals surface area contributed by atoms with Gasteiger partial charge in [-0.2, -0.15) is 0 Å². The summed E-state index contributed by atoms with van der Waals surface area (Å²) in [4.78, 5) is 10.1. The average Bonchev–Trinajstić information content (AvgIpc) is 2.46. The lowest BCUT2D eigenvalue weighted by molar-refractivity contribution is -0.141. The molecule has 0 aliphatic heterocycles. The first-order chi connectivity index (χ1) is 10.2. The summed E-state index contributed by atoms with van der Waals surface area (Å²) in [5, 5.41) is 3.50. The molecule has 0 heterocycles. The zero-order chi connectivity index (χ0) is 16.2. The van der Waals surface area contributed by atoms with Crippen LogP contribution in [0.5, 0.6) is 0 Å². The Kier molecular flexibility index (Phi) is 23.5. The highest BCUT2D eigenvalue weighted by molar-refractivity contribution is 5.65. The van der Waals surface area contributed by atoms with Crippen molar-refractivity contribution in [2.24, 2.45) is 0 Å². The number of esters is 1. The molecule has 3 heteroatoms. The molecule has 0 aliphatic rings. The molecule has 0 aromatic carbocycles. The molecular weight excluding hydrogens is 262 g/mol. The summed E-state index contributed by atoms with van der Waals surface area (Å²) in [6, 6.07) is 0. The molecule has 3 nitrogen and oxygen atoms in total. The van der Waals surface area contributed by atoms with E-state index in [2.05, 4.69) is 30.8 Å². The lowest BCUT2D eigenvalue weighted by atomic mass is 10.2. The second-order valence-corrected chi connectivity index (χ2v) is 5.56. The van der Waals surface area contributed by atoms with E-state index >= 15 is 0 Å². The Balaban J connectivity index is 0. The molecule has 0 aliphatic carbocycles. The van der Waals surface area contributed by atoms with Crippen LogP contribution in [0.1, 0.15) is 91.9 Å². The standard InChI is InChI=1S/C12H27N.C6H12O2/c1-3-5-7-9-11-13-12-10-8-6-4-2;1-3-4-5-8-6(2)7/h13H,3-12H2,1-2H3;3-5H2,1-2H3. The monoisotopic (exact) mass is 301 g/mol. The summed E-state index contributed by atoms with van der Waals surface area (Å²) in [6.07, 6.45) is 13.1. The fourth-order valence-corrected chi connectivity index (χ4v) is 1.84. The van der Waals surface area contributed by atoms with Crippen molar-refractivity contribution < 1.29 is 9.53 Å². The van der Waals surface area contributed by atoms with E-state index in [1.165, 1.54) is 71.4 Å². The van der Waals surface area contributed by atoms with Crippen molar-refractivity contribution in [1.29, 1.82) is 0 Å². The van der Waals surface area contributed by atoms with Crippen molar-refractivity contribution in [2.75, 3.05) is 19.7 Å². The van der Waals surface area contributed by atoms with E-state index in [-0.39, 0.29) is 5.97 Å². The fraction of sp³-hybridized carbons (Fsp3) is 0.944. The highest BCUT2D eigenvalue weighted by Gasteiger charge is 1.89. The van der Waals surface area contributed by atoms with Gasteiger partial charge in [-0.15, -0.1) is 0 Å². The van der Waals surface area contributed by atoms with Crippen molar-refractivity contribution in [2.45, 2.75) is 91.9 Å². The third kappa shape index (κ3) is 28.3. The number of hydrogen-bond acceptors (Lipinski definition) is 3. The third-order valence-corrected chi connectivity index (χ3v) is 3.22. The molecule has 21 heavy (non-hydrogen) atoms. The van der Waals surface area contributed by atoms with E-state index in [0.29, 0.717) is 6.61 Å². The molecule has 0 spiro atoms. The predicted octanol–water partition coefficient (Wildman–Crippen LogP) is 5.09. The van der Waals surface area contributed by atoms with Crippen LogP contribution in [0.2, 0.25) is 0 Å². The molecule has 0 saturated carbocycles. The van der Waals surface area contributed by atoms with E-state index in [1.807, 2.05) is 0 Å². The lowest BCUT2D eigenvalue weighted by Gasteiger charge is -2.03. The quantitative estimate of drug-likeness (QED) is 0.380. The Labute approximate surface area is 133 Å². The zero-order valence-electron chi connectivity index (χ0n) is 15.0. The van der Waals surface area contributed by atoms with Crippen LogP contribution in [-0.2, 0) is 9.53 Å². The van der Waals surface area contributed by atoms with Crippen LogP contribution in [0, 0.1) is 0 Å². The molecular formula is C18H39NO2. The van der Waals surface area contributed by atoms with Crippen LogP contribution in [0.4, 0.5) is 0 Å². The Hall–Kier alpha value is -0.570. The van der Waals surface area contributed by atoms with Crippen LogP contribution in [-0.4, -0.2) is 25.7 Å². The van der Waals surface area contributed by atoms with Crippen molar-refractivity contribution in [1.82, 2.24) is 5.32 Å². The van der Waals surface area contributed by atoms with Gasteiger partial charge >= 0.3 is 5.97 Å². The maximum atomic E-state index is 10.1. The van der Waals surface area contributed by atoms with Gasteiger partial charge in [0.15, 0.2) is 0 Å². The van der Waals surface area contributed by atoms with Crippen LogP contribution < -0.4 is 5.32 Å². The van der Waals surface area contributed by atoms with Gasteiger partial charge in [-0.05, 0) is 32.4 Å². The summed E-state index contributed by atoms with van der Waals surface area (Å²) in [5.41, 5.74) is 0. The Bertz CT molecular complexity index is 186. The topological polar surface area (TPSA) is 38.3 Å². The number of hydrogen-bond donors (Lipinski definition) is 1. The van der Waals surface area contributed by atoms with E-state index in [1.54, 1.807) is 0 Å². The zero-order valence-corrected chi connectivity index (χ0v) is 15.0. The SMILES string of the molecule is CCCCCCNCCCCCC.CCCCOC(C)=O. The number of ether oxygens (including phenoxy) is 1. The van der Waals surface area contributed by atoms with Gasteiger partial charge in [0.2, 0.25) is 0 Å². The van der Waals surface area contributed by atoms with Crippen molar-refractivity contribution in [3.05, 3.63) is 0 Å². The van der Waals surface area contributed by atoms with E-state index < -0.39 is 0 Å². The van der Waals surface area contributed by atoms with Crippen LogP contribution >= 0.6 is 0 Å². The van der Waals surface area contributed by atoms with Gasteiger partial charge in [0.05, 0.1) is 6.61 Å². The summed E-state index contributed by atoms with van der Waals surface area (Å²) >= 11 is 0. The maximum absolute atomic E-state index is 10.1. The van der Waals surface area contributed by atoms with Gasteiger partial charge in [-0.3, -0.25) is 4.79 Å². The van der Waals surface area contributed by atoms with Crippen LogP contribution in [0.3, 0.4) is 0 Å². The van der Waals surface area contributed by atoms with Crippen molar-refractivity contribution in [3.8, 4) is 0 Å². The van der Waals surface area contributed by atoms with Gasteiger partial charge in [0, 0.05) is 6.92 Å². The predicted molar refractivity (Wildman–Crippen MR) is 92.7 cm³/mol. The van der Waals surface area contributed by atoms with Crippen molar-refractivity contribution >= 4 is 5.97 Å². The second kappa shape index (κ2) is 21.7. The Morgan fingerprint density at radius 2 is 1.24 bits per heavy atom. The first-order valence-corrected chi connectivity index (χ1v) is 9.03. The fourth-order valence-electron chi connectivity index (χ4n) is 1.84. The summed E-state index contributed by atoms with van der Waals surface area (Å²) < 4.78 is 4.64. The van der Waals surface area contributed by atoms with Gasteiger partial charge in [-0.25, -0.2) is 0 Å². The Morgan fingerprint density at radius 3 is 1.62 bits per heavy atom. The van der Waals surface area contributed by atoms with Crippen molar-refractivity contribution in [3.63, 3.8) is 0 Å². The van der Waals surface area contributed by atoms with Crippen LogP contribution in [0.15, 0.2) is 0 Å². The minimum Gasteiger partial charge on any atom is -0.466 e. The summed E-state index contributed by atoms with van der Waals surface area (Å²) in [7, 11) is 0. The molecule has 0 radical (unpaired) electrons. The van der Waals surface area contributed by atoms with Gasteiger partial charge in [0.25, 0.3) is 0 Å². The molecule has 0 aromatic heterocycles. The highest BCUT2D eigenvalue weighted by atomic mass is 16.5. The summed E-state index contributed by atoms with van der Waals surface area (Å²) in [5.74, 6) is -0.182. The van der Waals surface area contributed by atoms with E-state index in [9.17, 15) is 4.79 Å². The van der Waals surface area contributed by atoms with E-state index in [0.717, 1.165) is 12.8 Å². The second-order valence-electron chi connectivity index (χ2n) is 5.56. The lowest BCUT2D eigenvalue weighted by Crippen LogP contribution is -2.16.